The van der Waals surface area contributed by atoms with Crippen LogP contribution in [0, 0.1) is 6.57 Å². The molecule has 12 rings (SSSR count). The molecule has 0 radical (unpaired) electrons. The predicted octanol–water partition coefficient (Wildman–Crippen LogP) is 15.4. The number of hydrogen-bond donors (Lipinski definition) is 0. The summed E-state index contributed by atoms with van der Waals surface area (Å²) in [6.45, 7) is 7.45. The molecule has 2 atom stereocenters. The number of hydrogen-bond acceptors (Lipinski definition) is 1. The number of rotatable bonds is 5. The van der Waals surface area contributed by atoms with Gasteiger partial charge >= 0.3 is 0 Å². The van der Waals surface area contributed by atoms with Crippen LogP contribution in [0.3, 0.4) is 0 Å². The van der Waals surface area contributed by atoms with E-state index in [-0.39, 0.29) is 12.0 Å². The third-order valence-corrected chi connectivity index (χ3v) is 12.7. The Labute approximate surface area is 344 Å². The van der Waals surface area contributed by atoms with Crippen LogP contribution in [-0.2, 0) is 0 Å². The second-order valence-corrected chi connectivity index (χ2v) is 15.8. The highest BCUT2D eigenvalue weighted by molar-refractivity contribution is 6.28. The van der Waals surface area contributed by atoms with E-state index in [1.54, 1.807) is 0 Å². The first kappa shape index (κ1) is 33.4. The van der Waals surface area contributed by atoms with Crippen LogP contribution >= 0.6 is 0 Å². The molecule has 0 saturated heterocycles. The summed E-state index contributed by atoms with van der Waals surface area (Å²) in [7, 11) is 0. The highest BCUT2D eigenvalue weighted by atomic mass is 15.2. The van der Waals surface area contributed by atoms with Gasteiger partial charge in [0.15, 0.2) is 5.69 Å². The van der Waals surface area contributed by atoms with Gasteiger partial charge in [-0.1, -0.05) is 182 Å². The van der Waals surface area contributed by atoms with Gasteiger partial charge < -0.3 is 4.90 Å². The Morgan fingerprint density at radius 2 is 1.03 bits per heavy atom. The Hall–Kier alpha value is -7.73. The lowest BCUT2D eigenvalue weighted by molar-refractivity contribution is 0.747. The van der Waals surface area contributed by atoms with Gasteiger partial charge in [-0.05, 0) is 118 Å². The molecule has 0 fully saturated rings. The third kappa shape index (κ3) is 5.05. The molecule has 2 unspecified atom stereocenters. The van der Waals surface area contributed by atoms with Gasteiger partial charge in [-0.3, -0.25) is 0 Å². The largest absolute Gasteiger partial charge is 0.333 e. The summed E-state index contributed by atoms with van der Waals surface area (Å²) < 4.78 is 0. The number of anilines is 2. The average Bonchev–Trinajstić information content (AvgIpc) is 3.82. The van der Waals surface area contributed by atoms with Gasteiger partial charge in [0.25, 0.3) is 0 Å². The van der Waals surface area contributed by atoms with E-state index in [0.29, 0.717) is 5.69 Å². The van der Waals surface area contributed by atoms with Crippen molar-refractivity contribution in [2.24, 2.45) is 0 Å². The molecule has 0 amide bonds. The molecule has 0 spiro atoms. The number of para-hydroxylation sites is 1. The number of nitrogens with zero attached hydrogens (tertiary/aromatic N) is 2. The van der Waals surface area contributed by atoms with Crippen molar-refractivity contribution in [3.63, 3.8) is 0 Å². The summed E-state index contributed by atoms with van der Waals surface area (Å²) in [5.41, 5.74) is 19.5. The minimum absolute atomic E-state index is 0.145. The molecular weight excluding hydrogens is 713 g/mol. The van der Waals surface area contributed by atoms with E-state index in [2.05, 4.69) is 204 Å². The van der Waals surface area contributed by atoms with Crippen LogP contribution in [0.25, 0.3) is 87.6 Å². The lowest BCUT2D eigenvalue weighted by atomic mass is 9.82. The van der Waals surface area contributed by atoms with E-state index in [1.165, 1.54) is 94.1 Å². The van der Waals surface area contributed by atoms with Crippen molar-refractivity contribution in [1.29, 1.82) is 0 Å². The Balaban J connectivity index is 1.06. The fourth-order valence-corrected chi connectivity index (χ4v) is 10.2. The maximum Gasteiger partial charge on any atom is 0.187 e. The number of allylic oxidation sites excluding steroid dienone is 2. The summed E-state index contributed by atoms with van der Waals surface area (Å²) in [6, 6.07) is 68.4. The Morgan fingerprint density at radius 3 is 1.69 bits per heavy atom. The number of fused-ring (bicyclic) bond motifs is 7. The summed E-state index contributed by atoms with van der Waals surface area (Å²) in [6.07, 6.45) is 7.30. The Morgan fingerprint density at radius 1 is 0.458 bits per heavy atom. The third-order valence-electron chi connectivity index (χ3n) is 12.7. The SMILES string of the molecule is [C-]#[N+]c1ccc(-c2ccc3c(c2)C2C=C(c4ccc5c6c(cccc46)-c4c-5c(-c5ccccc5)c5ccccc5c4-c4ccccc4)C=CC2N3c2ccccc2)cc1. The average molecular weight is 749 g/mol. The molecule has 0 saturated carbocycles. The van der Waals surface area contributed by atoms with Gasteiger partial charge in [-0.25, -0.2) is 4.85 Å². The van der Waals surface area contributed by atoms with Crippen molar-refractivity contribution in [2.75, 3.05) is 4.90 Å². The molecule has 274 valence electrons. The van der Waals surface area contributed by atoms with E-state index in [0.717, 1.165) is 11.1 Å². The molecule has 3 aliphatic rings. The summed E-state index contributed by atoms with van der Waals surface area (Å²) in [4.78, 5) is 6.12. The van der Waals surface area contributed by atoms with Gasteiger partial charge in [-0.15, -0.1) is 0 Å². The van der Waals surface area contributed by atoms with Crippen molar-refractivity contribution in [3.8, 4) is 55.6 Å². The Bertz CT molecular complexity index is 3170. The topological polar surface area (TPSA) is 7.60 Å². The molecule has 9 aromatic carbocycles. The maximum atomic E-state index is 7.45. The van der Waals surface area contributed by atoms with Crippen LogP contribution in [0.4, 0.5) is 17.1 Å². The van der Waals surface area contributed by atoms with E-state index in [9.17, 15) is 0 Å². The van der Waals surface area contributed by atoms with Crippen molar-refractivity contribution >= 4 is 44.2 Å². The van der Waals surface area contributed by atoms with E-state index in [1.807, 2.05) is 12.1 Å². The quantitative estimate of drug-likeness (QED) is 0.159. The predicted molar refractivity (Wildman–Crippen MR) is 247 cm³/mol. The van der Waals surface area contributed by atoms with E-state index < -0.39 is 0 Å². The minimum atomic E-state index is 0.145. The molecule has 1 aliphatic heterocycles. The van der Waals surface area contributed by atoms with Crippen LogP contribution in [0.2, 0.25) is 0 Å². The van der Waals surface area contributed by atoms with Crippen molar-refractivity contribution in [1.82, 2.24) is 0 Å². The van der Waals surface area contributed by atoms with E-state index >= 15 is 0 Å². The zero-order valence-electron chi connectivity index (χ0n) is 32.2. The standard InChI is InChI=1S/C57H36N2/c1-58-41-28-24-36(25-29-41)39-26-32-51-49(34-39)50-35-40(27-33-52(50)59(51)42-18-9-4-10-19-42)43-30-31-48-55-44(43)22-13-23-47(55)56-53(37-14-5-2-6-15-37)45-20-11-12-21-46(45)54(57(48)56)38-16-7-3-8-17-38/h2-35,50,52H. The van der Waals surface area contributed by atoms with Gasteiger partial charge in [0, 0.05) is 17.3 Å². The molecule has 2 nitrogen and oxygen atoms in total. The fraction of sp³-hybridized carbons (Fsp3) is 0.0351. The molecule has 59 heavy (non-hydrogen) atoms. The molecule has 0 N–H and O–H groups in total. The zero-order chi connectivity index (χ0) is 39.0. The Kier molecular flexibility index (Phi) is 7.46. The van der Waals surface area contributed by atoms with Gasteiger partial charge in [0.2, 0.25) is 0 Å². The fourth-order valence-electron chi connectivity index (χ4n) is 10.2. The molecule has 0 aromatic heterocycles. The van der Waals surface area contributed by atoms with Crippen molar-refractivity contribution in [3.05, 3.63) is 229 Å². The van der Waals surface area contributed by atoms with E-state index in [4.69, 9.17) is 6.57 Å². The normalized spacial score (nSPS) is 15.8. The van der Waals surface area contributed by atoms with Gasteiger partial charge in [0.1, 0.15) is 0 Å². The summed E-state index contributed by atoms with van der Waals surface area (Å²) in [5.74, 6) is 0.146. The zero-order valence-corrected chi connectivity index (χ0v) is 32.2. The van der Waals surface area contributed by atoms with Crippen LogP contribution in [0.5, 0.6) is 0 Å². The monoisotopic (exact) mass is 748 g/mol. The van der Waals surface area contributed by atoms with Crippen LogP contribution in [0.1, 0.15) is 17.0 Å². The highest BCUT2D eigenvalue weighted by Crippen LogP contribution is 2.59. The van der Waals surface area contributed by atoms with Crippen LogP contribution in [-0.4, -0.2) is 6.04 Å². The minimum Gasteiger partial charge on any atom is -0.333 e. The lowest BCUT2D eigenvalue weighted by Gasteiger charge is -2.30. The second kappa shape index (κ2) is 13.2. The van der Waals surface area contributed by atoms with Crippen LogP contribution < -0.4 is 4.90 Å². The van der Waals surface area contributed by atoms with Crippen molar-refractivity contribution < 1.29 is 0 Å². The maximum absolute atomic E-state index is 7.45. The smallest absolute Gasteiger partial charge is 0.187 e. The highest BCUT2D eigenvalue weighted by Gasteiger charge is 2.39. The van der Waals surface area contributed by atoms with Crippen molar-refractivity contribution in [2.45, 2.75) is 12.0 Å². The number of benzene rings is 9. The molecular formula is C57H36N2. The molecule has 9 aromatic rings. The molecule has 2 heteroatoms. The summed E-state index contributed by atoms with van der Waals surface area (Å²) in [5, 5.41) is 5.15. The molecule has 0 bridgehead atoms. The summed E-state index contributed by atoms with van der Waals surface area (Å²) >= 11 is 0. The first-order chi connectivity index (χ1) is 29.2. The first-order valence-electron chi connectivity index (χ1n) is 20.4. The first-order valence-corrected chi connectivity index (χ1v) is 20.4. The second-order valence-electron chi connectivity index (χ2n) is 15.8. The molecule has 2 aliphatic carbocycles. The van der Waals surface area contributed by atoms with Gasteiger partial charge in [0.05, 0.1) is 12.6 Å². The van der Waals surface area contributed by atoms with Gasteiger partial charge in [-0.2, -0.15) is 0 Å². The lowest BCUT2D eigenvalue weighted by Crippen LogP contribution is -2.28. The molecule has 1 heterocycles. The van der Waals surface area contributed by atoms with Crippen LogP contribution in [0.15, 0.2) is 206 Å².